The fraction of sp³-hybridized carbons (Fsp3) is 0.455. The Balaban J connectivity index is 2.05. The first kappa shape index (κ1) is 12.7. The summed E-state index contributed by atoms with van der Waals surface area (Å²) in [4.78, 5) is 14.6. The quantitative estimate of drug-likeness (QED) is 0.872. The minimum absolute atomic E-state index is 0.0392. The Morgan fingerprint density at radius 1 is 1.50 bits per heavy atom. The second-order valence-corrected chi connectivity index (χ2v) is 4.37. The number of hydrogen-bond acceptors (Lipinski definition) is 3. The predicted molar refractivity (Wildman–Crippen MR) is 57.0 cm³/mol. The summed E-state index contributed by atoms with van der Waals surface area (Å²) in [6.45, 7) is 0.0939. The number of carboxylic acids is 1. The summed E-state index contributed by atoms with van der Waals surface area (Å²) in [6, 6.07) is 1.74. The maximum absolute atomic E-state index is 12.4. The lowest BCUT2D eigenvalue weighted by Gasteiger charge is -2.13. The van der Waals surface area contributed by atoms with Crippen molar-refractivity contribution in [3.63, 3.8) is 0 Å². The number of aromatic nitrogens is 1. The van der Waals surface area contributed by atoms with Gasteiger partial charge in [-0.15, -0.1) is 0 Å². The minimum atomic E-state index is -4.43. The Bertz CT molecular complexity index is 470. The van der Waals surface area contributed by atoms with Gasteiger partial charge < -0.3 is 10.4 Å². The van der Waals surface area contributed by atoms with Gasteiger partial charge in [0.05, 0.1) is 11.0 Å². The standard InChI is InChI=1S/C11H11F3N2O2/c12-11(13,14)7-1-4-15-8(5-7)16-6-10(2-3-10)9(17)18/h1,4-5H,2-3,6H2,(H,15,16)(H,17,18). The molecule has 7 heteroatoms. The molecular weight excluding hydrogens is 249 g/mol. The Morgan fingerprint density at radius 2 is 2.17 bits per heavy atom. The van der Waals surface area contributed by atoms with Gasteiger partial charge in [-0.05, 0) is 25.0 Å². The van der Waals surface area contributed by atoms with Crippen molar-refractivity contribution in [2.24, 2.45) is 5.41 Å². The molecule has 4 nitrogen and oxygen atoms in total. The van der Waals surface area contributed by atoms with Crippen LogP contribution >= 0.6 is 0 Å². The molecule has 1 aromatic heterocycles. The van der Waals surface area contributed by atoms with E-state index in [2.05, 4.69) is 10.3 Å². The molecule has 2 rings (SSSR count). The number of pyridine rings is 1. The number of rotatable bonds is 4. The Hall–Kier alpha value is -1.79. The van der Waals surface area contributed by atoms with Crippen molar-refractivity contribution in [3.05, 3.63) is 23.9 Å². The van der Waals surface area contributed by atoms with E-state index in [9.17, 15) is 18.0 Å². The van der Waals surface area contributed by atoms with Crippen molar-refractivity contribution < 1.29 is 23.1 Å². The largest absolute Gasteiger partial charge is 0.481 e. The van der Waals surface area contributed by atoms with Crippen LogP contribution < -0.4 is 5.32 Å². The van der Waals surface area contributed by atoms with E-state index in [1.807, 2.05) is 0 Å². The first-order chi connectivity index (χ1) is 8.33. The molecule has 0 aromatic carbocycles. The lowest BCUT2D eigenvalue weighted by molar-refractivity contribution is -0.142. The number of aliphatic carboxylic acids is 1. The lowest BCUT2D eigenvalue weighted by atomic mass is 10.1. The zero-order valence-electron chi connectivity index (χ0n) is 9.29. The number of carbonyl (C=O) groups is 1. The molecule has 1 aliphatic carbocycles. The third-order valence-corrected chi connectivity index (χ3v) is 3.00. The molecule has 0 bridgehead atoms. The van der Waals surface area contributed by atoms with Crippen LogP contribution in [0.5, 0.6) is 0 Å². The molecule has 1 aliphatic rings. The van der Waals surface area contributed by atoms with Gasteiger partial charge in [0.15, 0.2) is 0 Å². The summed E-state index contributed by atoms with van der Waals surface area (Å²) in [5.74, 6) is -0.890. The highest BCUT2D eigenvalue weighted by Crippen LogP contribution is 2.45. The van der Waals surface area contributed by atoms with Gasteiger partial charge in [-0.3, -0.25) is 4.79 Å². The van der Waals surface area contributed by atoms with Crippen molar-refractivity contribution in [3.8, 4) is 0 Å². The molecule has 1 fully saturated rings. The Morgan fingerprint density at radius 3 is 2.67 bits per heavy atom. The topological polar surface area (TPSA) is 62.2 Å². The molecule has 0 unspecified atom stereocenters. The molecule has 0 aliphatic heterocycles. The van der Waals surface area contributed by atoms with Gasteiger partial charge in [-0.1, -0.05) is 0 Å². The van der Waals surface area contributed by atoms with Crippen LogP contribution in [-0.4, -0.2) is 22.6 Å². The molecular formula is C11H11F3N2O2. The van der Waals surface area contributed by atoms with Gasteiger partial charge in [0, 0.05) is 12.7 Å². The van der Waals surface area contributed by atoms with Crippen LogP contribution in [0.3, 0.4) is 0 Å². The van der Waals surface area contributed by atoms with E-state index in [1.165, 1.54) is 0 Å². The summed E-state index contributed by atoms with van der Waals surface area (Å²) in [5.41, 5.74) is -1.64. The van der Waals surface area contributed by atoms with Crippen molar-refractivity contribution in [2.45, 2.75) is 19.0 Å². The Labute approximate surface area is 101 Å². The molecule has 0 atom stereocenters. The van der Waals surface area contributed by atoms with Crippen LogP contribution in [0.4, 0.5) is 19.0 Å². The third kappa shape index (κ3) is 2.55. The highest BCUT2D eigenvalue weighted by Gasteiger charge is 2.50. The van der Waals surface area contributed by atoms with Crippen LogP contribution in [0.25, 0.3) is 0 Å². The van der Waals surface area contributed by atoms with Crippen molar-refractivity contribution in [2.75, 3.05) is 11.9 Å². The average Bonchev–Trinajstić information content (AvgIpc) is 3.07. The normalized spacial score (nSPS) is 17.3. The van der Waals surface area contributed by atoms with Crippen LogP contribution in [0.1, 0.15) is 18.4 Å². The van der Waals surface area contributed by atoms with E-state index in [4.69, 9.17) is 5.11 Å². The lowest BCUT2D eigenvalue weighted by Crippen LogP contribution is -2.24. The molecule has 1 aromatic rings. The van der Waals surface area contributed by atoms with Gasteiger partial charge in [0.1, 0.15) is 5.82 Å². The number of nitrogens with zero attached hydrogens (tertiary/aromatic N) is 1. The number of alkyl halides is 3. The fourth-order valence-corrected chi connectivity index (χ4v) is 1.58. The summed E-state index contributed by atoms with van der Waals surface area (Å²) in [5, 5.41) is 11.6. The van der Waals surface area contributed by atoms with E-state index in [0.717, 1.165) is 18.3 Å². The number of hydrogen-bond donors (Lipinski definition) is 2. The summed E-state index contributed by atoms with van der Waals surface area (Å²) >= 11 is 0. The molecule has 18 heavy (non-hydrogen) atoms. The average molecular weight is 260 g/mol. The molecule has 2 N–H and O–H groups in total. The minimum Gasteiger partial charge on any atom is -0.481 e. The zero-order valence-corrected chi connectivity index (χ0v) is 9.29. The van der Waals surface area contributed by atoms with E-state index in [-0.39, 0.29) is 12.4 Å². The van der Waals surface area contributed by atoms with Gasteiger partial charge in [-0.2, -0.15) is 13.2 Å². The first-order valence-corrected chi connectivity index (χ1v) is 5.34. The van der Waals surface area contributed by atoms with Crippen LogP contribution in [0, 0.1) is 5.41 Å². The van der Waals surface area contributed by atoms with Crippen molar-refractivity contribution >= 4 is 11.8 Å². The molecule has 98 valence electrons. The molecule has 1 saturated carbocycles. The van der Waals surface area contributed by atoms with Crippen LogP contribution in [0.2, 0.25) is 0 Å². The maximum atomic E-state index is 12.4. The van der Waals surface area contributed by atoms with E-state index in [0.29, 0.717) is 12.8 Å². The molecule has 0 radical (unpaired) electrons. The first-order valence-electron chi connectivity index (χ1n) is 5.34. The molecule has 0 spiro atoms. The smallest absolute Gasteiger partial charge is 0.416 e. The van der Waals surface area contributed by atoms with E-state index in [1.54, 1.807) is 0 Å². The molecule has 0 amide bonds. The van der Waals surface area contributed by atoms with Crippen molar-refractivity contribution in [1.29, 1.82) is 0 Å². The monoisotopic (exact) mass is 260 g/mol. The van der Waals surface area contributed by atoms with Gasteiger partial charge in [0.2, 0.25) is 0 Å². The highest BCUT2D eigenvalue weighted by molar-refractivity contribution is 5.78. The SMILES string of the molecule is O=C(O)C1(CNc2cc(C(F)(F)F)ccn2)CC1. The van der Waals surface area contributed by atoms with Crippen LogP contribution in [-0.2, 0) is 11.0 Å². The van der Waals surface area contributed by atoms with Crippen molar-refractivity contribution in [1.82, 2.24) is 4.98 Å². The summed E-state index contributed by atoms with van der Waals surface area (Å²) in [7, 11) is 0. The van der Waals surface area contributed by atoms with Gasteiger partial charge in [0.25, 0.3) is 0 Å². The van der Waals surface area contributed by atoms with E-state index < -0.39 is 23.1 Å². The maximum Gasteiger partial charge on any atom is 0.416 e. The third-order valence-electron chi connectivity index (χ3n) is 3.00. The molecule has 1 heterocycles. The van der Waals surface area contributed by atoms with Gasteiger partial charge >= 0.3 is 12.1 Å². The van der Waals surface area contributed by atoms with E-state index >= 15 is 0 Å². The summed E-state index contributed by atoms with van der Waals surface area (Å²) in [6.07, 6.45) is -2.31. The highest BCUT2D eigenvalue weighted by atomic mass is 19.4. The predicted octanol–water partition coefficient (Wildman–Crippen LogP) is 2.38. The summed E-state index contributed by atoms with van der Waals surface area (Å²) < 4.78 is 37.3. The van der Waals surface area contributed by atoms with Crippen LogP contribution in [0.15, 0.2) is 18.3 Å². The number of anilines is 1. The second-order valence-electron chi connectivity index (χ2n) is 4.37. The second kappa shape index (κ2) is 4.15. The number of carboxylic acid groups (broad SMARTS) is 1. The van der Waals surface area contributed by atoms with Gasteiger partial charge in [-0.25, -0.2) is 4.98 Å². The number of nitrogens with one attached hydrogen (secondary N) is 1. The zero-order chi connectivity index (χ0) is 13.4. The number of halogens is 3. The molecule has 0 saturated heterocycles. The fourth-order valence-electron chi connectivity index (χ4n) is 1.58. The Kier molecular flexibility index (Phi) is 2.92.